The Balaban J connectivity index is 1.95. The lowest BCUT2D eigenvalue weighted by molar-refractivity contribution is -0.0277. The van der Waals surface area contributed by atoms with E-state index in [2.05, 4.69) is 24.1 Å². The number of hydrogen-bond donors (Lipinski definition) is 1. The Morgan fingerprint density at radius 3 is 2.76 bits per heavy atom. The summed E-state index contributed by atoms with van der Waals surface area (Å²) in [4.78, 5) is 2.66. The Kier molecular flexibility index (Phi) is 4.83. The van der Waals surface area contributed by atoms with Gasteiger partial charge in [-0.1, -0.05) is 13.3 Å². The van der Waals surface area contributed by atoms with Crippen LogP contribution in [0.4, 0.5) is 0 Å². The quantitative estimate of drug-likeness (QED) is 0.812. The zero-order valence-corrected chi connectivity index (χ0v) is 11.5. The van der Waals surface area contributed by atoms with Gasteiger partial charge >= 0.3 is 0 Å². The molecule has 0 radical (unpaired) electrons. The van der Waals surface area contributed by atoms with Crippen LogP contribution in [0.3, 0.4) is 0 Å². The highest BCUT2D eigenvalue weighted by Gasteiger charge is 2.34. The largest absolute Gasteiger partial charge is 0.379 e. The first-order valence-corrected chi connectivity index (χ1v) is 7.28. The van der Waals surface area contributed by atoms with Crippen LogP contribution in [0.1, 0.15) is 39.5 Å². The predicted molar refractivity (Wildman–Crippen MR) is 71.3 cm³/mol. The molecule has 0 saturated carbocycles. The molecule has 3 heteroatoms. The van der Waals surface area contributed by atoms with E-state index >= 15 is 0 Å². The van der Waals surface area contributed by atoms with Crippen molar-refractivity contribution in [1.29, 1.82) is 0 Å². The number of piperidine rings is 1. The van der Waals surface area contributed by atoms with Crippen molar-refractivity contribution < 1.29 is 4.74 Å². The van der Waals surface area contributed by atoms with Gasteiger partial charge in [-0.2, -0.15) is 0 Å². The summed E-state index contributed by atoms with van der Waals surface area (Å²) in [5, 5.41) is 3.50. The summed E-state index contributed by atoms with van der Waals surface area (Å²) < 4.78 is 5.54. The first-order valence-electron chi connectivity index (χ1n) is 7.28. The second-order valence-corrected chi connectivity index (χ2v) is 5.89. The highest BCUT2D eigenvalue weighted by molar-refractivity contribution is 4.89. The maximum Gasteiger partial charge on any atom is 0.0619 e. The van der Waals surface area contributed by atoms with Crippen molar-refractivity contribution in [2.24, 2.45) is 5.41 Å². The van der Waals surface area contributed by atoms with Gasteiger partial charge in [-0.25, -0.2) is 0 Å². The summed E-state index contributed by atoms with van der Waals surface area (Å²) in [6.07, 6.45) is 5.41. The maximum absolute atomic E-state index is 5.54. The van der Waals surface area contributed by atoms with Gasteiger partial charge in [0.25, 0.3) is 0 Å². The highest BCUT2D eigenvalue weighted by atomic mass is 16.5. The van der Waals surface area contributed by atoms with Gasteiger partial charge in [0, 0.05) is 19.1 Å². The van der Waals surface area contributed by atoms with Gasteiger partial charge in [0.1, 0.15) is 0 Å². The highest BCUT2D eigenvalue weighted by Crippen LogP contribution is 2.35. The summed E-state index contributed by atoms with van der Waals surface area (Å²) in [7, 11) is 0. The van der Waals surface area contributed by atoms with E-state index in [1.807, 2.05) is 0 Å². The normalized spacial score (nSPS) is 30.4. The molecule has 1 atom stereocenters. The Bertz CT molecular complexity index is 221. The van der Waals surface area contributed by atoms with Crippen molar-refractivity contribution in [2.45, 2.75) is 45.6 Å². The van der Waals surface area contributed by atoms with Gasteiger partial charge in [-0.15, -0.1) is 0 Å². The fraction of sp³-hybridized carbons (Fsp3) is 1.00. The molecule has 0 aromatic rings. The summed E-state index contributed by atoms with van der Waals surface area (Å²) >= 11 is 0. The molecule has 1 N–H and O–H groups in total. The van der Waals surface area contributed by atoms with Crippen molar-refractivity contribution in [3.8, 4) is 0 Å². The average Bonchev–Trinajstić information content (AvgIpc) is 2.34. The van der Waals surface area contributed by atoms with Crippen LogP contribution in [0, 0.1) is 5.41 Å². The first kappa shape index (κ1) is 13.3. The van der Waals surface area contributed by atoms with Crippen molar-refractivity contribution in [3.63, 3.8) is 0 Å². The van der Waals surface area contributed by atoms with E-state index in [4.69, 9.17) is 4.74 Å². The zero-order chi connectivity index (χ0) is 12.1. The molecule has 0 aliphatic carbocycles. The standard InChI is InChI=1S/C14H28N2O/c1-3-4-14(5-7-15-8-6-14)12-16-9-10-17-11-13(16)2/h13,15H,3-12H2,1-2H3. The summed E-state index contributed by atoms with van der Waals surface area (Å²) in [5.74, 6) is 0. The van der Waals surface area contributed by atoms with Crippen LogP contribution in [0.2, 0.25) is 0 Å². The zero-order valence-electron chi connectivity index (χ0n) is 11.5. The summed E-state index contributed by atoms with van der Waals surface area (Å²) in [5.41, 5.74) is 0.575. The molecule has 2 heterocycles. The molecule has 2 saturated heterocycles. The third-order valence-corrected chi connectivity index (χ3v) is 4.49. The van der Waals surface area contributed by atoms with Gasteiger partial charge in [-0.05, 0) is 44.7 Å². The average molecular weight is 240 g/mol. The van der Waals surface area contributed by atoms with Crippen LogP contribution >= 0.6 is 0 Å². The number of rotatable bonds is 4. The Morgan fingerprint density at radius 2 is 2.12 bits per heavy atom. The molecule has 2 rings (SSSR count). The minimum atomic E-state index is 0.575. The van der Waals surface area contributed by atoms with Gasteiger partial charge < -0.3 is 10.1 Å². The van der Waals surface area contributed by atoms with Crippen LogP contribution in [0.5, 0.6) is 0 Å². The Labute approximate surface area is 106 Å². The molecule has 3 nitrogen and oxygen atoms in total. The van der Waals surface area contributed by atoms with Crippen LogP contribution < -0.4 is 5.32 Å². The lowest BCUT2D eigenvalue weighted by atomic mass is 9.74. The van der Waals surface area contributed by atoms with Crippen molar-refractivity contribution in [3.05, 3.63) is 0 Å². The molecule has 2 aliphatic rings. The second kappa shape index (κ2) is 6.17. The van der Waals surface area contributed by atoms with Crippen LogP contribution in [0.15, 0.2) is 0 Å². The van der Waals surface area contributed by atoms with Crippen molar-refractivity contribution >= 4 is 0 Å². The van der Waals surface area contributed by atoms with E-state index in [9.17, 15) is 0 Å². The van der Waals surface area contributed by atoms with Gasteiger partial charge in [0.2, 0.25) is 0 Å². The summed E-state index contributed by atoms with van der Waals surface area (Å²) in [6, 6.07) is 0.604. The van der Waals surface area contributed by atoms with Crippen LogP contribution in [-0.4, -0.2) is 50.3 Å². The van der Waals surface area contributed by atoms with E-state index in [0.717, 1.165) is 19.8 Å². The van der Waals surface area contributed by atoms with E-state index in [1.54, 1.807) is 0 Å². The molecule has 2 fully saturated rings. The number of morpholine rings is 1. The number of ether oxygens (including phenoxy) is 1. The third-order valence-electron chi connectivity index (χ3n) is 4.49. The molecule has 0 bridgehead atoms. The van der Waals surface area contributed by atoms with Crippen LogP contribution in [-0.2, 0) is 4.74 Å². The van der Waals surface area contributed by atoms with E-state index in [1.165, 1.54) is 45.3 Å². The number of hydrogen-bond acceptors (Lipinski definition) is 3. The minimum Gasteiger partial charge on any atom is -0.379 e. The van der Waals surface area contributed by atoms with Crippen molar-refractivity contribution in [1.82, 2.24) is 10.2 Å². The SMILES string of the molecule is CCCC1(CN2CCOCC2C)CCNCC1. The minimum absolute atomic E-state index is 0.575. The topological polar surface area (TPSA) is 24.5 Å². The maximum atomic E-state index is 5.54. The van der Waals surface area contributed by atoms with Gasteiger partial charge in [0.15, 0.2) is 0 Å². The predicted octanol–water partition coefficient (Wildman–Crippen LogP) is 1.88. The molecule has 0 aromatic carbocycles. The fourth-order valence-corrected chi connectivity index (χ4v) is 3.40. The lowest BCUT2D eigenvalue weighted by Crippen LogP contribution is -2.51. The molecule has 1 unspecified atom stereocenters. The molecule has 17 heavy (non-hydrogen) atoms. The van der Waals surface area contributed by atoms with Crippen molar-refractivity contribution in [2.75, 3.05) is 39.4 Å². The third kappa shape index (κ3) is 3.43. The Hall–Kier alpha value is -0.120. The molecular weight excluding hydrogens is 212 g/mol. The Morgan fingerprint density at radius 1 is 1.35 bits per heavy atom. The molecule has 0 spiro atoms. The number of nitrogens with zero attached hydrogens (tertiary/aromatic N) is 1. The number of nitrogens with one attached hydrogen (secondary N) is 1. The lowest BCUT2D eigenvalue weighted by Gasteiger charge is -2.44. The monoisotopic (exact) mass is 240 g/mol. The van der Waals surface area contributed by atoms with Crippen LogP contribution in [0.25, 0.3) is 0 Å². The van der Waals surface area contributed by atoms with E-state index in [-0.39, 0.29) is 0 Å². The summed E-state index contributed by atoms with van der Waals surface area (Å²) in [6.45, 7) is 11.3. The van der Waals surface area contributed by atoms with Gasteiger partial charge in [0.05, 0.1) is 13.2 Å². The molecule has 0 aromatic heterocycles. The first-order chi connectivity index (χ1) is 8.26. The molecule has 0 amide bonds. The second-order valence-electron chi connectivity index (χ2n) is 5.89. The molecular formula is C14H28N2O. The van der Waals surface area contributed by atoms with E-state index < -0.39 is 0 Å². The van der Waals surface area contributed by atoms with E-state index in [0.29, 0.717) is 11.5 Å². The fourth-order valence-electron chi connectivity index (χ4n) is 3.40. The van der Waals surface area contributed by atoms with Gasteiger partial charge in [-0.3, -0.25) is 4.90 Å². The molecule has 2 aliphatic heterocycles. The smallest absolute Gasteiger partial charge is 0.0619 e. The molecule has 100 valence electrons.